The van der Waals surface area contributed by atoms with Crippen LogP contribution in [0.3, 0.4) is 0 Å². The number of carbonyl (C=O) groups is 2. The molecule has 2 heterocycles. The molecule has 0 fully saturated rings. The monoisotopic (exact) mass is 481 g/mol. The van der Waals surface area contributed by atoms with Gasteiger partial charge in [0, 0.05) is 30.8 Å². The van der Waals surface area contributed by atoms with E-state index < -0.39 is 0 Å². The Morgan fingerprint density at radius 2 is 1.82 bits per heavy atom. The van der Waals surface area contributed by atoms with Crippen molar-refractivity contribution < 1.29 is 23.8 Å². The van der Waals surface area contributed by atoms with E-state index in [2.05, 4.69) is 5.32 Å². The van der Waals surface area contributed by atoms with Crippen LogP contribution in [0.5, 0.6) is 11.5 Å². The Hall–Kier alpha value is -3.56. The Morgan fingerprint density at radius 1 is 1.00 bits per heavy atom. The minimum Gasteiger partial charge on any atom is -0.454 e. The van der Waals surface area contributed by atoms with E-state index in [0.717, 1.165) is 10.4 Å². The molecule has 0 radical (unpaired) electrons. The first-order valence-electron chi connectivity index (χ1n) is 10.9. The van der Waals surface area contributed by atoms with Gasteiger partial charge in [0.2, 0.25) is 12.7 Å². The van der Waals surface area contributed by atoms with Crippen LogP contribution in [0.2, 0.25) is 0 Å². The lowest BCUT2D eigenvalue weighted by molar-refractivity contribution is -0.133. The minimum absolute atomic E-state index is 0.0715. The molecule has 3 amide bonds. The molecule has 178 valence electrons. The van der Waals surface area contributed by atoms with Crippen molar-refractivity contribution in [1.82, 2.24) is 9.80 Å². The van der Waals surface area contributed by atoms with E-state index in [-0.39, 0.29) is 31.8 Å². The smallest absolute Gasteiger partial charge is 0.322 e. The third kappa shape index (κ3) is 6.27. The van der Waals surface area contributed by atoms with Gasteiger partial charge in [0.15, 0.2) is 11.5 Å². The van der Waals surface area contributed by atoms with E-state index >= 15 is 0 Å². The topological polar surface area (TPSA) is 80.3 Å². The van der Waals surface area contributed by atoms with Crippen LogP contribution >= 0.6 is 11.3 Å². The van der Waals surface area contributed by atoms with E-state index in [1.807, 2.05) is 53.9 Å². The number of nitrogens with one attached hydrogen (secondary N) is 1. The number of ether oxygens (including phenoxy) is 3. The number of rotatable bonds is 10. The average molecular weight is 482 g/mol. The maximum Gasteiger partial charge on any atom is 0.322 e. The molecule has 0 aliphatic carbocycles. The number of benzene rings is 2. The lowest BCUT2D eigenvalue weighted by atomic mass is 10.2. The molecular formula is C25H27N3O5S. The summed E-state index contributed by atoms with van der Waals surface area (Å²) in [6.45, 7) is 1.56. The van der Waals surface area contributed by atoms with Gasteiger partial charge in [-0.15, -0.1) is 11.3 Å². The summed E-state index contributed by atoms with van der Waals surface area (Å²) in [5.41, 5.74) is 1.59. The first-order valence-corrected chi connectivity index (χ1v) is 11.8. The second-order valence-electron chi connectivity index (χ2n) is 7.73. The Labute approximate surface area is 202 Å². The maximum atomic E-state index is 13.5. The highest BCUT2D eigenvalue weighted by Gasteiger charge is 2.23. The van der Waals surface area contributed by atoms with Crippen LogP contribution in [0, 0.1) is 0 Å². The van der Waals surface area contributed by atoms with Gasteiger partial charge in [-0.2, -0.15) is 0 Å². The van der Waals surface area contributed by atoms with Crippen LogP contribution in [0.4, 0.5) is 10.5 Å². The third-order valence-corrected chi connectivity index (χ3v) is 6.15. The highest BCUT2D eigenvalue weighted by Crippen LogP contribution is 2.33. The SMILES string of the molecule is COCCN(CC(=O)N(Cc1ccc2c(c1)OCO2)Cc1cccs1)C(=O)Nc1ccccc1. The summed E-state index contributed by atoms with van der Waals surface area (Å²) in [5.74, 6) is 1.21. The molecule has 2 aromatic carbocycles. The summed E-state index contributed by atoms with van der Waals surface area (Å²) in [4.78, 5) is 30.7. The van der Waals surface area contributed by atoms with E-state index in [9.17, 15) is 9.59 Å². The number of amides is 3. The molecule has 1 aliphatic rings. The van der Waals surface area contributed by atoms with Gasteiger partial charge < -0.3 is 29.3 Å². The molecule has 1 aliphatic heterocycles. The summed E-state index contributed by atoms with van der Waals surface area (Å²) in [6, 6.07) is 18.4. The molecule has 4 rings (SSSR count). The molecule has 0 bridgehead atoms. The Bertz CT molecular complexity index is 1090. The number of anilines is 1. The van der Waals surface area contributed by atoms with Gasteiger partial charge >= 0.3 is 6.03 Å². The normalized spacial score (nSPS) is 11.8. The summed E-state index contributed by atoms with van der Waals surface area (Å²) >= 11 is 1.59. The first-order chi connectivity index (χ1) is 16.6. The summed E-state index contributed by atoms with van der Waals surface area (Å²) in [6.07, 6.45) is 0. The quantitative estimate of drug-likeness (QED) is 0.470. The number of hydrogen-bond acceptors (Lipinski definition) is 6. The third-order valence-electron chi connectivity index (χ3n) is 5.29. The number of thiophene rings is 1. The molecule has 0 atom stereocenters. The standard InChI is InChI=1S/C25H27N3O5S/c1-31-12-11-27(25(30)26-20-6-3-2-4-7-20)17-24(29)28(16-21-8-5-13-34-21)15-19-9-10-22-23(14-19)33-18-32-22/h2-10,13-14H,11-12,15-18H2,1H3,(H,26,30). The second kappa shape index (κ2) is 11.5. The van der Waals surface area contributed by atoms with Crippen LogP contribution in [0.1, 0.15) is 10.4 Å². The van der Waals surface area contributed by atoms with Gasteiger partial charge in [0.25, 0.3) is 0 Å². The van der Waals surface area contributed by atoms with Crippen LogP contribution < -0.4 is 14.8 Å². The van der Waals surface area contributed by atoms with E-state index in [1.54, 1.807) is 35.5 Å². The minimum atomic E-state index is -0.351. The maximum absolute atomic E-state index is 13.5. The highest BCUT2D eigenvalue weighted by atomic mass is 32.1. The van der Waals surface area contributed by atoms with E-state index in [0.29, 0.717) is 36.9 Å². The number of nitrogens with zero attached hydrogens (tertiary/aromatic N) is 2. The number of carbonyl (C=O) groups excluding carboxylic acids is 2. The van der Waals surface area contributed by atoms with E-state index in [4.69, 9.17) is 14.2 Å². The number of methoxy groups -OCH3 is 1. The van der Waals surface area contributed by atoms with Crippen molar-refractivity contribution in [2.24, 2.45) is 0 Å². The number of urea groups is 1. The Morgan fingerprint density at radius 3 is 2.59 bits per heavy atom. The zero-order valence-electron chi connectivity index (χ0n) is 18.9. The van der Waals surface area contributed by atoms with Gasteiger partial charge in [0.1, 0.15) is 6.54 Å². The first kappa shape index (κ1) is 23.6. The average Bonchev–Trinajstić information content (AvgIpc) is 3.53. The molecule has 9 heteroatoms. The molecular weight excluding hydrogens is 454 g/mol. The van der Waals surface area contributed by atoms with Crippen molar-refractivity contribution in [3.8, 4) is 11.5 Å². The molecule has 8 nitrogen and oxygen atoms in total. The summed E-state index contributed by atoms with van der Waals surface area (Å²) < 4.78 is 16.0. The van der Waals surface area contributed by atoms with Gasteiger partial charge in [-0.05, 0) is 41.3 Å². The zero-order valence-corrected chi connectivity index (χ0v) is 19.8. The summed E-state index contributed by atoms with van der Waals surface area (Å²) in [5, 5.41) is 4.83. The van der Waals surface area contributed by atoms with E-state index in [1.165, 1.54) is 4.90 Å². The number of fused-ring (bicyclic) bond motifs is 1. The largest absolute Gasteiger partial charge is 0.454 e. The Kier molecular flexibility index (Phi) is 8.00. The summed E-state index contributed by atoms with van der Waals surface area (Å²) in [7, 11) is 1.57. The van der Waals surface area contributed by atoms with Crippen molar-refractivity contribution in [3.05, 3.63) is 76.5 Å². The van der Waals surface area contributed by atoms with Gasteiger partial charge in [-0.1, -0.05) is 30.3 Å². The predicted molar refractivity (Wildman–Crippen MR) is 130 cm³/mol. The fourth-order valence-corrected chi connectivity index (χ4v) is 4.24. The fraction of sp³-hybridized carbons (Fsp3) is 0.280. The van der Waals surface area contributed by atoms with Crippen molar-refractivity contribution in [2.75, 3.05) is 38.9 Å². The number of para-hydroxylation sites is 1. The molecule has 34 heavy (non-hydrogen) atoms. The molecule has 1 N–H and O–H groups in total. The van der Waals surface area contributed by atoms with Crippen molar-refractivity contribution in [3.63, 3.8) is 0 Å². The molecule has 3 aromatic rings. The predicted octanol–water partition coefficient (Wildman–Crippen LogP) is 4.19. The van der Waals surface area contributed by atoms with Crippen molar-refractivity contribution in [1.29, 1.82) is 0 Å². The molecule has 0 unspecified atom stereocenters. The molecule has 0 saturated heterocycles. The van der Waals surface area contributed by atoms with Crippen LogP contribution in [-0.2, 0) is 22.6 Å². The lowest BCUT2D eigenvalue weighted by Gasteiger charge is -2.27. The lowest BCUT2D eigenvalue weighted by Crippen LogP contribution is -2.45. The van der Waals surface area contributed by atoms with Gasteiger partial charge in [0.05, 0.1) is 13.2 Å². The fourth-order valence-electron chi connectivity index (χ4n) is 3.52. The number of hydrogen-bond donors (Lipinski definition) is 1. The van der Waals surface area contributed by atoms with Crippen molar-refractivity contribution >= 4 is 29.0 Å². The highest BCUT2D eigenvalue weighted by molar-refractivity contribution is 7.09. The van der Waals surface area contributed by atoms with Crippen LogP contribution in [0.15, 0.2) is 66.0 Å². The molecule has 0 spiro atoms. The van der Waals surface area contributed by atoms with Crippen LogP contribution in [-0.4, -0.2) is 55.3 Å². The zero-order chi connectivity index (χ0) is 23.8. The molecule has 0 saturated carbocycles. The van der Waals surface area contributed by atoms with Crippen molar-refractivity contribution in [2.45, 2.75) is 13.1 Å². The van der Waals surface area contributed by atoms with Gasteiger partial charge in [-0.25, -0.2) is 4.79 Å². The van der Waals surface area contributed by atoms with Crippen LogP contribution in [0.25, 0.3) is 0 Å². The Balaban J connectivity index is 1.49. The second-order valence-corrected chi connectivity index (χ2v) is 8.76. The van der Waals surface area contributed by atoms with Gasteiger partial charge in [-0.3, -0.25) is 4.79 Å². The molecule has 1 aromatic heterocycles.